The lowest BCUT2D eigenvalue weighted by atomic mass is 10.3. The van der Waals surface area contributed by atoms with Crippen LogP contribution in [0.4, 0.5) is 22.1 Å². The first-order valence-electron chi connectivity index (χ1n) is 6.76. The van der Waals surface area contributed by atoms with Crippen LogP contribution in [0.2, 0.25) is 0 Å². The van der Waals surface area contributed by atoms with Gasteiger partial charge in [-0.2, -0.15) is 0 Å². The van der Waals surface area contributed by atoms with Crippen LogP contribution in [0, 0.1) is 0 Å². The summed E-state index contributed by atoms with van der Waals surface area (Å²) >= 11 is 0. The van der Waals surface area contributed by atoms with Crippen molar-refractivity contribution in [3.63, 3.8) is 0 Å². The Bertz CT molecular complexity index is 583. The summed E-state index contributed by atoms with van der Waals surface area (Å²) in [7, 11) is 1.91. The number of para-hydroxylation sites is 1. The first-order valence-corrected chi connectivity index (χ1v) is 6.76. The number of carbonyl (C=O) groups excluding carboxylic acids is 1. The molecule has 6 nitrogen and oxygen atoms in total. The average molecular weight is 285 g/mol. The lowest BCUT2D eigenvalue weighted by Gasteiger charge is -2.17. The van der Waals surface area contributed by atoms with Gasteiger partial charge in [0.2, 0.25) is 0 Å². The van der Waals surface area contributed by atoms with Crippen LogP contribution in [0.5, 0.6) is 0 Å². The van der Waals surface area contributed by atoms with Gasteiger partial charge < -0.3 is 10.2 Å². The zero-order valence-electron chi connectivity index (χ0n) is 12.4. The first-order chi connectivity index (χ1) is 10.1. The van der Waals surface area contributed by atoms with Gasteiger partial charge in [0.25, 0.3) is 0 Å². The van der Waals surface area contributed by atoms with Gasteiger partial charge in [0.1, 0.15) is 0 Å². The second-order valence-corrected chi connectivity index (χ2v) is 4.92. The number of anilines is 3. The van der Waals surface area contributed by atoms with E-state index in [0.717, 1.165) is 5.69 Å². The van der Waals surface area contributed by atoms with E-state index in [1.807, 2.05) is 62.2 Å². The molecular formula is C15H19N5O. The Labute approximate surface area is 124 Å². The zero-order chi connectivity index (χ0) is 15.2. The van der Waals surface area contributed by atoms with Crippen LogP contribution in [0.15, 0.2) is 42.5 Å². The van der Waals surface area contributed by atoms with Crippen molar-refractivity contribution in [2.24, 2.45) is 0 Å². The molecule has 0 aliphatic carbocycles. The van der Waals surface area contributed by atoms with Gasteiger partial charge in [-0.05, 0) is 38.1 Å². The van der Waals surface area contributed by atoms with E-state index in [4.69, 9.17) is 0 Å². The van der Waals surface area contributed by atoms with E-state index in [1.165, 1.54) is 0 Å². The first kappa shape index (κ1) is 14.8. The summed E-state index contributed by atoms with van der Waals surface area (Å²) in [4.78, 5) is 13.5. The minimum Gasteiger partial charge on any atom is -0.336 e. The van der Waals surface area contributed by atoms with Crippen LogP contribution in [0.25, 0.3) is 0 Å². The van der Waals surface area contributed by atoms with Crippen molar-refractivity contribution in [3.05, 3.63) is 42.5 Å². The highest BCUT2D eigenvalue weighted by Gasteiger charge is 2.08. The van der Waals surface area contributed by atoms with Gasteiger partial charge in [0.15, 0.2) is 11.6 Å². The lowest BCUT2D eigenvalue weighted by molar-refractivity contribution is 0.250. The van der Waals surface area contributed by atoms with Crippen molar-refractivity contribution in [1.29, 1.82) is 0 Å². The van der Waals surface area contributed by atoms with Crippen LogP contribution < -0.4 is 15.5 Å². The van der Waals surface area contributed by atoms with E-state index in [-0.39, 0.29) is 12.1 Å². The van der Waals surface area contributed by atoms with Crippen LogP contribution in [-0.2, 0) is 0 Å². The van der Waals surface area contributed by atoms with Crippen molar-refractivity contribution < 1.29 is 4.79 Å². The molecule has 110 valence electrons. The molecule has 0 radical (unpaired) electrons. The van der Waals surface area contributed by atoms with E-state index in [1.54, 1.807) is 6.07 Å². The second-order valence-electron chi connectivity index (χ2n) is 4.92. The normalized spacial score (nSPS) is 10.3. The minimum absolute atomic E-state index is 0.0708. The summed E-state index contributed by atoms with van der Waals surface area (Å²) in [5.41, 5.74) is 1.02. The number of rotatable bonds is 4. The molecule has 0 fully saturated rings. The Balaban J connectivity index is 2.04. The molecule has 1 heterocycles. The molecule has 2 aromatic rings. The maximum absolute atomic E-state index is 11.6. The molecule has 6 heteroatoms. The third-order valence-electron chi connectivity index (χ3n) is 2.80. The number of urea groups is 1. The summed E-state index contributed by atoms with van der Waals surface area (Å²) in [6.45, 7) is 3.78. The van der Waals surface area contributed by atoms with Crippen molar-refractivity contribution >= 4 is 23.4 Å². The minimum atomic E-state index is -0.288. The van der Waals surface area contributed by atoms with Crippen molar-refractivity contribution in [2.75, 3.05) is 17.3 Å². The van der Waals surface area contributed by atoms with Gasteiger partial charge >= 0.3 is 6.03 Å². The summed E-state index contributed by atoms with van der Waals surface area (Å²) in [6, 6.07) is 13.2. The Morgan fingerprint density at radius 3 is 2.38 bits per heavy atom. The van der Waals surface area contributed by atoms with Crippen molar-refractivity contribution in [1.82, 2.24) is 15.5 Å². The molecule has 0 bridgehead atoms. The van der Waals surface area contributed by atoms with E-state index in [2.05, 4.69) is 20.8 Å². The highest BCUT2D eigenvalue weighted by molar-refractivity contribution is 5.88. The van der Waals surface area contributed by atoms with Crippen LogP contribution in [0.1, 0.15) is 13.8 Å². The van der Waals surface area contributed by atoms with Gasteiger partial charge in [-0.3, -0.25) is 5.32 Å². The molecule has 0 unspecified atom stereocenters. The number of nitrogens with one attached hydrogen (secondary N) is 2. The lowest BCUT2D eigenvalue weighted by Crippen LogP contribution is -2.34. The molecule has 0 aliphatic heterocycles. The van der Waals surface area contributed by atoms with Gasteiger partial charge in [0.05, 0.1) is 0 Å². The smallest absolute Gasteiger partial charge is 0.320 e. The van der Waals surface area contributed by atoms with Gasteiger partial charge in [0, 0.05) is 18.8 Å². The summed E-state index contributed by atoms with van der Waals surface area (Å²) < 4.78 is 0. The highest BCUT2D eigenvalue weighted by atomic mass is 16.2. The highest BCUT2D eigenvalue weighted by Crippen LogP contribution is 2.20. The molecule has 1 aromatic carbocycles. The topological polar surface area (TPSA) is 70.2 Å². The summed E-state index contributed by atoms with van der Waals surface area (Å²) in [5, 5.41) is 13.5. The molecule has 1 aromatic heterocycles. The number of benzene rings is 1. The fourth-order valence-electron chi connectivity index (χ4n) is 1.77. The number of nitrogens with zero attached hydrogens (tertiary/aromatic N) is 3. The van der Waals surface area contributed by atoms with Gasteiger partial charge in [-0.15, -0.1) is 10.2 Å². The second kappa shape index (κ2) is 6.69. The third kappa shape index (κ3) is 4.17. The summed E-state index contributed by atoms with van der Waals surface area (Å²) in [6.07, 6.45) is 0. The fourth-order valence-corrected chi connectivity index (χ4v) is 1.77. The number of hydrogen-bond acceptors (Lipinski definition) is 4. The molecule has 0 spiro atoms. The van der Waals surface area contributed by atoms with Crippen molar-refractivity contribution in [3.8, 4) is 0 Å². The molecule has 0 saturated carbocycles. The third-order valence-corrected chi connectivity index (χ3v) is 2.80. The van der Waals surface area contributed by atoms with Crippen molar-refractivity contribution in [2.45, 2.75) is 19.9 Å². The average Bonchev–Trinajstić information content (AvgIpc) is 2.47. The molecule has 0 aliphatic rings. The van der Waals surface area contributed by atoms with E-state index < -0.39 is 0 Å². The fraction of sp³-hybridized carbons (Fsp3) is 0.267. The Kier molecular flexibility index (Phi) is 4.71. The molecule has 2 N–H and O–H groups in total. The van der Waals surface area contributed by atoms with Crippen LogP contribution in [-0.4, -0.2) is 29.3 Å². The SMILES string of the molecule is CC(C)NC(=O)Nc1ccc(N(C)c2ccccc2)nn1. The summed E-state index contributed by atoms with van der Waals surface area (Å²) in [5.74, 6) is 1.12. The molecule has 2 amide bonds. The number of hydrogen-bond donors (Lipinski definition) is 2. The zero-order valence-corrected chi connectivity index (χ0v) is 12.4. The predicted octanol–water partition coefficient (Wildman–Crippen LogP) is 2.77. The predicted molar refractivity (Wildman–Crippen MR) is 83.8 cm³/mol. The van der Waals surface area contributed by atoms with E-state index >= 15 is 0 Å². The molecular weight excluding hydrogens is 266 g/mol. The maximum atomic E-state index is 11.6. The van der Waals surface area contributed by atoms with E-state index in [0.29, 0.717) is 11.6 Å². The molecule has 2 rings (SSSR count). The largest absolute Gasteiger partial charge is 0.336 e. The monoisotopic (exact) mass is 285 g/mol. The number of carbonyl (C=O) groups is 1. The number of amides is 2. The molecule has 21 heavy (non-hydrogen) atoms. The van der Waals surface area contributed by atoms with Gasteiger partial charge in [-0.25, -0.2) is 4.79 Å². The number of aromatic nitrogens is 2. The van der Waals surface area contributed by atoms with E-state index in [9.17, 15) is 4.79 Å². The standard InChI is InChI=1S/C15H19N5O/c1-11(2)16-15(21)17-13-9-10-14(19-18-13)20(3)12-7-5-4-6-8-12/h4-11H,1-3H3,(H2,16,17,18,21). The quantitative estimate of drug-likeness (QED) is 0.906. The molecule has 0 saturated heterocycles. The Morgan fingerprint density at radius 1 is 1.10 bits per heavy atom. The van der Waals surface area contributed by atoms with Crippen LogP contribution >= 0.6 is 0 Å². The van der Waals surface area contributed by atoms with Gasteiger partial charge in [-0.1, -0.05) is 18.2 Å². The Hall–Kier alpha value is -2.63. The Morgan fingerprint density at radius 2 is 1.81 bits per heavy atom. The maximum Gasteiger partial charge on any atom is 0.320 e. The molecule has 0 atom stereocenters. The van der Waals surface area contributed by atoms with Crippen LogP contribution in [0.3, 0.4) is 0 Å².